The van der Waals surface area contributed by atoms with Crippen molar-refractivity contribution in [3.8, 4) is 17.0 Å². The zero-order valence-electron chi connectivity index (χ0n) is 17.2. The molecule has 1 fully saturated rings. The van der Waals surface area contributed by atoms with Crippen LogP contribution in [0.2, 0.25) is 0 Å². The summed E-state index contributed by atoms with van der Waals surface area (Å²) >= 11 is 5.83. The number of aryl methyl sites for hydroxylation is 2. The van der Waals surface area contributed by atoms with Crippen molar-refractivity contribution in [2.75, 3.05) is 5.88 Å². The molecule has 1 aliphatic carbocycles. The van der Waals surface area contributed by atoms with Gasteiger partial charge in [0.1, 0.15) is 12.4 Å². The molecule has 1 aromatic carbocycles. The molecule has 156 valence electrons. The monoisotopic (exact) mass is 415 g/mol. The van der Waals surface area contributed by atoms with Crippen molar-refractivity contribution in [2.45, 2.75) is 77.5 Å². The van der Waals surface area contributed by atoms with Crippen molar-refractivity contribution in [2.24, 2.45) is 0 Å². The Labute approximate surface area is 177 Å². The minimum absolute atomic E-state index is 0.0631. The maximum atomic E-state index is 13.1. The molecule has 0 bridgehead atoms. The molecular formula is C23H30ClN3O2. The van der Waals surface area contributed by atoms with Crippen LogP contribution in [0.4, 0.5) is 0 Å². The second kappa shape index (κ2) is 9.21. The third kappa shape index (κ3) is 4.45. The lowest BCUT2D eigenvalue weighted by Crippen LogP contribution is -2.37. The van der Waals surface area contributed by atoms with E-state index in [0.717, 1.165) is 66.8 Å². The number of benzene rings is 1. The highest BCUT2D eigenvalue weighted by atomic mass is 35.5. The summed E-state index contributed by atoms with van der Waals surface area (Å²) in [5, 5.41) is 7.99. The first-order valence-electron chi connectivity index (χ1n) is 10.9. The van der Waals surface area contributed by atoms with E-state index in [4.69, 9.17) is 21.4 Å². The number of nitrogens with zero attached hydrogens (tertiary/aromatic N) is 2. The number of fused-ring (bicyclic) bond motifs is 3. The summed E-state index contributed by atoms with van der Waals surface area (Å²) in [6, 6.07) is 6.50. The normalized spacial score (nSPS) is 16.1. The second-order valence-corrected chi connectivity index (χ2v) is 8.62. The molecule has 1 N–H and O–H groups in total. The Bertz CT molecular complexity index is 871. The molecule has 0 radical (unpaired) electrons. The number of aromatic nitrogens is 2. The van der Waals surface area contributed by atoms with E-state index in [9.17, 15) is 4.79 Å². The minimum Gasteiger partial charge on any atom is -0.488 e. The molecule has 29 heavy (non-hydrogen) atoms. The fourth-order valence-electron chi connectivity index (χ4n) is 4.41. The molecule has 0 saturated heterocycles. The fourth-order valence-corrected chi connectivity index (χ4v) is 4.60. The molecule has 1 saturated carbocycles. The van der Waals surface area contributed by atoms with Gasteiger partial charge in [-0.2, -0.15) is 5.10 Å². The van der Waals surface area contributed by atoms with Crippen LogP contribution in [-0.2, 0) is 13.2 Å². The predicted molar refractivity (Wildman–Crippen MR) is 116 cm³/mol. The summed E-state index contributed by atoms with van der Waals surface area (Å²) < 4.78 is 8.03. The maximum absolute atomic E-state index is 13.1. The van der Waals surface area contributed by atoms with Crippen LogP contribution in [-0.4, -0.2) is 27.6 Å². The van der Waals surface area contributed by atoms with Crippen LogP contribution < -0.4 is 10.1 Å². The second-order valence-electron chi connectivity index (χ2n) is 8.25. The summed E-state index contributed by atoms with van der Waals surface area (Å²) in [6.07, 6.45) is 8.81. The average molecular weight is 416 g/mol. The Morgan fingerprint density at radius 3 is 2.86 bits per heavy atom. The zero-order chi connectivity index (χ0) is 20.2. The van der Waals surface area contributed by atoms with Crippen molar-refractivity contribution in [1.82, 2.24) is 15.1 Å². The number of unbranched alkanes of at least 4 members (excludes halogenated alkanes) is 2. The Hall–Kier alpha value is -2.01. The smallest absolute Gasteiger partial charge is 0.272 e. The Morgan fingerprint density at radius 2 is 2.07 bits per heavy atom. The molecule has 6 heteroatoms. The van der Waals surface area contributed by atoms with Crippen molar-refractivity contribution in [3.63, 3.8) is 0 Å². The van der Waals surface area contributed by atoms with Crippen LogP contribution in [0.5, 0.6) is 5.75 Å². The molecule has 0 atom stereocenters. The van der Waals surface area contributed by atoms with Gasteiger partial charge in [-0.15, -0.1) is 11.6 Å². The molecule has 0 unspecified atom stereocenters. The zero-order valence-corrected chi connectivity index (χ0v) is 17.9. The predicted octanol–water partition coefficient (Wildman–Crippen LogP) is 5.22. The van der Waals surface area contributed by atoms with E-state index in [2.05, 4.69) is 30.4 Å². The van der Waals surface area contributed by atoms with Crippen LogP contribution in [0.1, 0.15) is 73.0 Å². The lowest BCUT2D eigenvalue weighted by atomic mass is 9.95. The first-order chi connectivity index (χ1) is 14.2. The molecule has 2 aromatic rings. The number of nitrogens with one attached hydrogen (secondary N) is 1. The topological polar surface area (TPSA) is 56.1 Å². The molecule has 1 aromatic heterocycles. The van der Waals surface area contributed by atoms with Gasteiger partial charge < -0.3 is 10.1 Å². The quantitative estimate of drug-likeness (QED) is 0.498. The van der Waals surface area contributed by atoms with E-state index in [0.29, 0.717) is 18.2 Å². The van der Waals surface area contributed by atoms with Crippen LogP contribution in [0.25, 0.3) is 11.3 Å². The summed E-state index contributed by atoms with van der Waals surface area (Å²) in [7, 11) is 0. The molecule has 5 nitrogen and oxygen atoms in total. The Kier molecular flexibility index (Phi) is 6.43. The number of ether oxygens (including phenoxy) is 1. The van der Waals surface area contributed by atoms with Gasteiger partial charge in [-0.1, -0.05) is 31.7 Å². The van der Waals surface area contributed by atoms with Crippen molar-refractivity contribution in [3.05, 3.63) is 35.0 Å². The van der Waals surface area contributed by atoms with E-state index in [-0.39, 0.29) is 11.9 Å². The molecule has 1 amide bonds. The summed E-state index contributed by atoms with van der Waals surface area (Å²) in [5.74, 6) is 1.49. The number of halogens is 1. The lowest BCUT2D eigenvalue weighted by molar-refractivity contribution is 0.0919. The summed E-state index contributed by atoms with van der Waals surface area (Å²) in [5.41, 5.74) is 4.65. The van der Waals surface area contributed by atoms with Gasteiger partial charge in [-0.25, -0.2) is 0 Å². The van der Waals surface area contributed by atoms with Crippen molar-refractivity contribution >= 4 is 17.5 Å². The van der Waals surface area contributed by atoms with Crippen molar-refractivity contribution < 1.29 is 9.53 Å². The fraction of sp³-hybridized carbons (Fsp3) is 0.565. The highest BCUT2D eigenvalue weighted by Crippen LogP contribution is 2.39. The number of alkyl halides is 1. The van der Waals surface area contributed by atoms with Gasteiger partial charge in [0.25, 0.3) is 5.91 Å². The van der Waals surface area contributed by atoms with Crippen molar-refractivity contribution in [1.29, 1.82) is 0 Å². The maximum Gasteiger partial charge on any atom is 0.272 e. The van der Waals surface area contributed by atoms with Crippen LogP contribution in [0.15, 0.2) is 18.2 Å². The van der Waals surface area contributed by atoms with Crippen LogP contribution in [0, 0.1) is 6.92 Å². The molecule has 4 rings (SSSR count). The van der Waals surface area contributed by atoms with E-state index in [1.165, 1.54) is 19.3 Å². The molecule has 0 spiro atoms. The third-order valence-electron chi connectivity index (χ3n) is 5.97. The molecular weight excluding hydrogens is 386 g/mol. The van der Waals surface area contributed by atoms with E-state index < -0.39 is 0 Å². The average Bonchev–Trinajstić information content (AvgIpc) is 3.11. The van der Waals surface area contributed by atoms with E-state index >= 15 is 0 Å². The number of hydrogen-bond acceptors (Lipinski definition) is 3. The van der Waals surface area contributed by atoms with Gasteiger partial charge in [0.2, 0.25) is 0 Å². The summed E-state index contributed by atoms with van der Waals surface area (Å²) in [4.78, 5) is 13.1. The van der Waals surface area contributed by atoms with Gasteiger partial charge in [-0.05, 0) is 50.3 Å². The highest BCUT2D eigenvalue weighted by molar-refractivity contribution is 6.17. The summed E-state index contributed by atoms with van der Waals surface area (Å²) in [6.45, 7) is 3.23. The first kappa shape index (κ1) is 20.3. The van der Waals surface area contributed by atoms with Gasteiger partial charge in [0.15, 0.2) is 5.69 Å². The minimum atomic E-state index is -0.0631. The van der Waals surface area contributed by atoms with Gasteiger partial charge in [0, 0.05) is 29.6 Å². The highest BCUT2D eigenvalue weighted by Gasteiger charge is 2.30. The van der Waals surface area contributed by atoms with Crippen LogP contribution >= 0.6 is 11.6 Å². The molecule has 2 aliphatic rings. The van der Waals surface area contributed by atoms with Gasteiger partial charge in [0.05, 0.1) is 5.69 Å². The largest absolute Gasteiger partial charge is 0.488 e. The molecule has 2 heterocycles. The SMILES string of the molecule is Cc1ccc2c(c1)OCc1c(C(=O)NC3CCCCC3)nn(CCCCCCl)c1-2. The number of rotatable bonds is 7. The Balaban J connectivity index is 1.64. The number of carbonyl (C=O) groups excluding carboxylic acids is 1. The first-order valence-corrected chi connectivity index (χ1v) is 11.4. The third-order valence-corrected chi connectivity index (χ3v) is 6.24. The van der Waals surface area contributed by atoms with Gasteiger partial charge >= 0.3 is 0 Å². The number of carbonyl (C=O) groups is 1. The standard InChI is InChI=1S/C23H30ClN3O2/c1-16-10-11-18-20(14-16)29-15-19-21(23(28)25-17-8-4-2-5-9-17)26-27(22(18)19)13-7-3-6-12-24/h10-11,14,17H,2-9,12-13,15H2,1H3,(H,25,28). The Morgan fingerprint density at radius 1 is 1.24 bits per heavy atom. The van der Waals surface area contributed by atoms with E-state index in [1.54, 1.807) is 0 Å². The van der Waals surface area contributed by atoms with Crippen LogP contribution in [0.3, 0.4) is 0 Å². The lowest BCUT2D eigenvalue weighted by Gasteiger charge is -2.23. The molecule has 1 aliphatic heterocycles. The number of hydrogen-bond donors (Lipinski definition) is 1. The number of amides is 1. The van der Waals surface area contributed by atoms with Gasteiger partial charge in [-0.3, -0.25) is 9.48 Å². The van der Waals surface area contributed by atoms with E-state index in [1.807, 2.05) is 4.68 Å².